The van der Waals surface area contributed by atoms with Crippen LogP contribution in [-0.4, -0.2) is 35.6 Å². The van der Waals surface area contributed by atoms with Crippen molar-refractivity contribution in [1.82, 2.24) is 15.2 Å². The number of amides is 1. The maximum absolute atomic E-state index is 14.3. The average molecular weight is 468 g/mol. The number of nitrogens with zero attached hydrogens (tertiary/aromatic N) is 2. The fraction of sp³-hybridized carbons (Fsp3) is 0.240. The number of carbonyl (C=O) groups excluding carboxylic acids is 1. The van der Waals surface area contributed by atoms with E-state index in [4.69, 9.17) is 11.1 Å². The SMILES string of the molecule is C=C/C(NC(=O)c1nc(-c2cc(S)ccc2F)ccc1N)=C(\C=C/C)N1CCCCC1.C=N. The van der Waals surface area contributed by atoms with Gasteiger partial charge in [0.05, 0.1) is 22.8 Å². The summed E-state index contributed by atoms with van der Waals surface area (Å²) in [4.78, 5) is 20.3. The number of nitrogen functional groups attached to an aromatic ring is 1. The summed E-state index contributed by atoms with van der Waals surface area (Å²) in [5, 5.41) is 8.39. The molecule has 3 rings (SSSR count). The molecule has 0 bridgehead atoms. The first kappa shape index (κ1) is 25.9. The van der Waals surface area contributed by atoms with Crippen LogP contribution in [0.4, 0.5) is 10.1 Å². The molecule has 0 saturated carbocycles. The number of pyridine rings is 1. The number of anilines is 1. The van der Waals surface area contributed by atoms with Crippen molar-refractivity contribution in [2.45, 2.75) is 31.1 Å². The Balaban J connectivity index is 0.00000187. The van der Waals surface area contributed by atoms with Gasteiger partial charge in [0.2, 0.25) is 0 Å². The van der Waals surface area contributed by atoms with E-state index in [9.17, 15) is 9.18 Å². The van der Waals surface area contributed by atoms with Crippen molar-refractivity contribution < 1.29 is 9.18 Å². The Hall–Kier alpha value is -3.39. The van der Waals surface area contributed by atoms with Crippen LogP contribution in [-0.2, 0) is 0 Å². The Morgan fingerprint density at radius 1 is 1.24 bits per heavy atom. The summed E-state index contributed by atoms with van der Waals surface area (Å²) in [5.74, 6) is -0.927. The predicted molar refractivity (Wildman–Crippen MR) is 136 cm³/mol. The number of nitrogens with one attached hydrogen (secondary N) is 2. The van der Waals surface area contributed by atoms with Crippen LogP contribution >= 0.6 is 12.6 Å². The van der Waals surface area contributed by atoms with Gasteiger partial charge in [-0.15, -0.1) is 12.6 Å². The smallest absolute Gasteiger partial charge is 0.276 e. The molecule has 1 aromatic carbocycles. The van der Waals surface area contributed by atoms with Crippen LogP contribution in [0.2, 0.25) is 0 Å². The number of piperidine rings is 1. The summed E-state index contributed by atoms with van der Waals surface area (Å²) in [5.41, 5.74) is 8.31. The molecule has 2 aromatic rings. The van der Waals surface area contributed by atoms with Gasteiger partial charge in [-0.05, 0) is 75.4 Å². The number of aromatic nitrogens is 1. The molecular weight excluding hydrogens is 437 g/mol. The van der Waals surface area contributed by atoms with E-state index in [2.05, 4.69) is 41.1 Å². The highest BCUT2D eigenvalue weighted by molar-refractivity contribution is 7.80. The lowest BCUT2D eigenvalue weighted by molar-refractivity contribution is 0.0962. The van der Waals surface area contributed by atoms with Crippen molar-refractivity contribution in [3.05, 3.63) is 78.0 Å². The Bertz CT molecular complexity index is 1060. The predicted octanol–water partition coefficient (Wildman–Crippen LogP) is 5.21. The Labute approximate surface area is 200 Å². The molecule has 1 aliphatic rings. The number of allylic oxidation sites excluding steroid dienone is 3. The highest BCUT2D eigenvalue weighted by Gasteiger charge is 2.19. The summed E-state index contributed by atoms with van der Waals surface area (Å²) in [7, 11) is 0. The number of rotatable bonds is 6. The van der Waals surface area contributed by atoms with Crippen molar-refractivity contribution in [3.63, 3.8) is 0 Å². The summed E-state index contributed by atoms with van der Waals surface area (Å²) < 4.78 is 14.3. The van der Waals surface area contributed by atoms with Gasteiger partial charge in [0.15, 0.2) is 5.69 Å². The quantitative estimate of drug-likeness (QED) is 0.266. The average Bonchev–Trinajstić information content (AvgIpc) is 2.85. The second-order valence-corrected chi connectivity index (χ2v) is 7.82. The van der Waals surface area contributed by atoms with Gasteiger partial charge in [-0.2, -0.15) is 0 Å². The van der Waals surface area contributed by atoms with E-state index in [-0.39, 0.29) is 16.9 Å². The molecule has 1 aliphatic heterocycles. The highest BCUT2D eigenvalue weighted by Crippen LogP contribution is 2.26. The third kappa shape index (κ3) is 6.55. The van der Waals surface area contributed by atoms with Crippen molar-refractivity contribution in [2.75, 3.05) is 18.8 Å². The zero-order valence-corrected chi connectivity index (χ0v) is 19.7. The summed E-state index contributed by atoms with van der Waals surface area (Å²) >= 11 is 4.26. The molecular formula is C25H30FN5OS. The third-order valence-electron chi connectivity index (χ3n) is 5.12. The minimum atomic E-state index is -0.476. The lowest BCUT2D eigenvalue weighted by Gasteiger charge is -2.31. The van der Waals surface area contributed by atoms with Gasteiger partial charge in [0.25, 0.3) is 5.91 Å². The van der Waals surface area contributed by atoms with E-state index in [1.807, 2.05) is 19.1 Å². The Morgan fingerprint density at radius 3 is 2.58 bits per heavy atom. The molecule has 1 amide bonds. The largest absolute Gasteiger partial charge is 0.397 e. The Morgan fingerprint density at radius 2 is 1.94 bits per heavy atom. The van der Waals surface area contributed by atoms with Crippen LogP contribution in [0.1, 0.15) is 36.7 Å². The van der Waals surface area contributed by atoms with Crippen LogP contribution in [0.25, 0.3) is 11.3 Å². The Kier molecular flexibility index (Phi) is 9.87. The van der Waals surface area contributed by atoms with Gasteiger partial charge < -0.3 is 21.4 Å². The first-order valence-corrected chi connectivity index (χ1v) is 11.1. The minimum Gasteiger partial charge on any atom is -0.397 e. The lowest BCUT2D eigenvalue weighted by Crippen LogP contribution is -2.33. The van der Waals surface area contributed by atoms with Gasteiger partial charge in [-0.3, -0.25) is 4.79 Å². The van der Waals surface area contributed by atoms with Gasteiger partial charge in [0, 0.05) is 23.5 Å². The highest BCUT2D eigenvalue weighted by atomic mass is 32.1. The monoisotopic (exact) mass is 467 g/mol. The molecule has 4 N–H and O–H groups in total. The van der Waals surface area contributed by atoms with Crippen molar-refractivity contribution in [1.29, 1.82) is 5.41 Å². The molecule has 1 aromatic heterocycles. The zero-order valence-electron chi connectivity index (χ0n) is 18.8. The molecule has 174 valence electrons. The number of hydrogen-bond donors (Lipinski definition) is 4. The minimum absolute atomic E-state index is 0.0271. The summed E-state index contributed by atoms with van der Waals surface area (Å²) in [6.07, 6.45) is 8.92. The first-order valence-electron chi connectivity index (χ1n) is 10.6. The number of carbonyl (C=O) groups is 1. The molecule has 8 heteroatoms. The van der Waals surface area contributed by atoms with E-state index in [0.717, 1.165) is 31.6 Å². The number of benzene rings is 1. The third-order valence-corrected chi connectivity index (χ3v) is 5.40. The summed E-state index contributed by atoms with van der Waals surface area (Å²) in [6.45, 7) is 10.1. The molecule has 1 saturated heterocycles. The number of likely N-dealkylation sites (tertiary alicyclic amines) is 1. The van der Waals surface area contributed by atoms with E-state index in [1.54, 1.807) is 30.3 Å². The van der Waals surface area contributed by atoms with E-state index >= 15 is 0 Å². The molecule has 0 atom stereocenters. The van der Waals surface area contributed by atoms with Gasteiger partial charge >= 0.3 is 0 Å². The van der Waals surface area contributed by atoms with Gasteiger partial charge in [-0.25, -0.2) is 9.37 Å². The maximum Gasteiger partial charge on any atom is 0.276 e. The van der Waals surface area contributed by atoms with Crippen molar-refractivity contribution in [2.24, 2.45) is 0 Å². The summed E-state index contributed by atoms with van der Waals surface area (Å²) in [6, 6.07) is 7.57. The normalized spacial score (nSPS) is 14.2. The standard InChI is InChI=1S/C24H27FN4OS.CH3N/c1-3-8-22(29-13-6-5-7-14-29)20(4-2)28-24(30)23-19(26)11-12-21(27-23)17-15-16(31)9-10-18(17)25;1-2/h3-4,8-12,15,31H,2,5-7,13-14,26H2,1H3,(H,28,30);2H,1H2/b8-3-,22-20-;. The molecule has 0 aliphatic carbocycles. The fourth-order valence-corrected chi connectivity index (χ4v) is 3.77. The van der Waals surface area contributed by atoms with Crippen LogP contribution in [0.5, 0.6) is 0 Å². The van der Waals surface area contributed by atoms with Crippen LogP contribution in [0, 0.1) is 11.2 Å². The van der Waals surface area contributed by atoms with E-state index in [0.29, 0.717) is 16.3 Å². The molecule has 2 heterocycles. The molecule has 1 fully saturated rings. The maximum atomic E-state index is 14.3. The molecule has 0 unspecified atom stereocenters. The second-order valence-electron chi connectivity index (χ2n) is 7.30. The van der Waals surface area contributed by atoms with Crippen LogP contribution in [0.3, 0.4) is 0 Å². The zero-order chi connectivity index (χ0) is 24.4. The van der Waals surface area contributed by atoms with Crippen LogP contribution < -0.4 is 11.1 Å². The van der Waals surface area contributed by atoms with Gasteiger partial charge in [0.1, 0.15) is 5.82 Å². The van der Waals surface area contributed by atoms with Crippen molar-refractivity contribution >= 4 is 30.9 Å². The molecule has 0 spiro atoms. The van der Waals surface area contributed by atoms with Crippen LogP contribution in [0.15, 0.2) is 71.4 Å². The van der Waals surface area contributed by atoms with E-state index < -0.39 is 11.7 Å². The second kappa shape index (κ2) is 12.6. The number of nitrogens with two attached hydrogens (primary N) is 1. The fourth-order valence-electron chi connectivity index (χ4n) is 3.57. The molecule has 0 radical (unpaired) electrons. The number of hydrogen-bond acceptors (Lipinski definition) is 6. The van der Waals surface area contributed by atoms with Crippen molar-refractivity contribution in [3.8, 4) is 11.3 Å². The first-order chi connectivity index (χ1) is 15.9. The van der Waals surface area contributed by atoms with Gasteiger partial charge in [-0.1, -0.05) is 12.7 Å². The lowest BCUT2D eigenvalue weighted by atomic mass is 10.1. The topological polar surface area (TPSA) is 95.1 Å². The number of thiol groups is 1. The van der Waals surface area contributed by atoms with E-state index in [1.165, 1.54) is 12.5 Å². The molecule has 33 heavy (non-hydrogen) atoms. The number of halogens is 1. The molecule has 6 nitrogen and oxygen atoms in total.